The van der Waals surface area contributed by atoms with Crippen LogP contribution in [0, 0.1) is 10.1 Å². The number of nitro benzene ring substituents is 1. The van der Waals surface area contributed by atoms with Gasteiger partial charge >= 0.3 is 0 Å². The third kappa shape index (κ3) is 7.36. The number of amides is 2. The first-order chi connectivity index (χ1) is 13.9. The largest absolute Gasteiger partial charge is 0.354 e. The topological polar surface area (TPSA) is 101 Å². The summed E-state index contributed by atoms with van der Waals surface area (Å²) in [5.41, 5.74) is 1.12. The average Bonchev–Trinajstić information content (AvgIpc) is 2.71. The van der Waals surface area contributed by atoms with Gasteiger partial charge in [-0.15, -0.1) is 0 Å². The highest BCUT2D eigenvalue weighted by molar-refractivity contribution is 7.98. The van der Waals surface area contributed by atoms with Crippen LogP contribution >= 0.6 is 23.4 Å². The number of hydrogen-bond acceptors (Lipinski definition) is 5. The SMILES string of the molecule is CSCCC(NC(=O)c1ccc(Cl)c([N+](=O)[O-])c1)C(=O)NCCC1=CCCCC1. The van der Waals surface area contributed by atoms with Gasteiger partial charge in [0.25, 0.3) is 11.6 Å². The highest BCUT2D eigenvalue weighted by Crippen LogP contribution is 2.25. The summed E-state index contributed by atoms with van der Waals surface area (Å²) in [7, 11) is 0. The quantitative estimate of drug-likeness (QED) is 0.324. The van der Waals surface area contributed by atoms with Gasteiger partial charge < -0.3 is 10.6 Å². The van der Waals surface area contributed by atoms with E-state index in [1.807, 2.05) is 6.26 Å². The Kier molecular flexibility index (Phi) is 9.47. The van der Waals surface area contributed by atoms with Crippen LogP contribution in [0.4, 0.5) is 5.69 Å². The fourth-order valence-corrected chi connectivity index (χ4v) is 3.80. The van der Waals surface area contributed by atoms with Gasteiger partial charge in [0.05, 0.1) is 4.92 Å². The molecule has 1 unspecified atom stereocenters. The Morgan fingerprint density at radius 2 is 2.14 bits per heavy atom. The Labute approximate surface area is 179 Å². The molecule has 0 aromatic heterocycles. The summed E-state index contributed by atoms with van der Waals surface area (Å²) < 4.78 is 0. The summed E-state index contributed by atoms with van der Waals surface area (Å²) in [6.45, 7) is 0.530. The van der Waals surface area contributed by atoms with E-state index in [2.05, 4.69) is 16.7 Å². The standard InChI is InChI=1S/C20H26ClN3O4S/c1-29-12-10-17(20(26)22-11-9-14-5-3-2-4-6-14)23-19(25)15-7-8-16(21)18(13-15)24(27)28/h5,7-8,13,17H,2-4,6,9-12H2,1H3,(H,22,26)(H,23,25). The normalized spacial score (nSPS) is 14.6. The summed E-state index contributed by atoms with van der Waals surface area (Å²) in [5.74, 6) is -0.0853. The number of allylic oxidation sites excluding steroid dienone is 1. The fraction of sp³-hybridized carbons (Fsp3) is 0.500. The molecule has 1 aliphatic carbocycles. The lowest BCUT2D eigenvalue weighted by atomic mass is 9.97. The van der Waals surface area contributed by atoms with Crippen molar-refractivity contribution in [3.05, 3.63) is 50.5 Å². The van der Waals surface area contributed by atoms with Crippen molar-refractivity contribution in [1.82, 2.24) is 10.6 Å². The van der Waals surface area contributed by atoms with Crippen molar-refractivity contribution in [2.24, 2.45) is 0 Å². The number of nitro groups is 1. The van der Waals surface area contributed by atoms with E-state index in [4.69, 9.17) is 11.6 Å². The van der Waals surface area contributed by atoms with Gasteiger partial charge in [-0.3, -0.25) is 19.7 Å². The minimum atomic E-state index is -0.704. The van der Waals surface area contributed by atoms with Gasteiger partial charge in [-0.1, -0.05) is 23.3 Å². The zero-order valence-electron chi connectivity index (χ0n) is 16.4. The summed E-state index contributed by atoms with van der Waals surface area (Å²) in [6.07, 6.45) is 10.1. The zero-order chi connectivity index (χ0) is 21.2. The van der Waals surface area contributed by atoms with Crippen molar-refractivity contribution in [1.29, 1.82) is 0 Å². The number of carbonyl (C=O) groups is 2. The third-order valence-corrected chi connectivity index (χ3v) is 5.73. The van der Waals surface area contributed by atoms with E-state index in [0.29, 0.717) is 18.7 Å². The molecule has 9 heteroatoms. The fourth-order valence-electron chi connectivity index (χ4n) is 3.14. The molecule has 2 amide bonds. The van der Waals surface area contributed by atoms with Crippen molar-refractivity contribution in [3.8, 4) is 0 Å². The molecule has 158 valence electrons. The van der Waals surface area contributed by atoms with Gasteiger partial charge in [-0.05, 0) is 62.7 Å². The van der Waals surface area contributed by atoms with E-state index < -0.39 is 16.9 Å². The second-order valence-corrected chi connectivity index (χ2v) is 8.27. The Balaban J connectivity index is 1.98. The number of rotatable bonds is 10. The molecule has 29 heavy (non-hydrogen) atoms. The van der Waals surface area contributed by atoms with Crippen molar-refractivity contribution in [3.63, 3.8) is 0 Å². The van der Waals surface area contributed by atoms with Crippen molar-refractivity contribution in [2.75, 3.05) is 18.6 Å². The molecular weight excluding hydrogens is 414 g/mol. The minimum Gasteiger partial charge on any atom is -0.354 e. The lowest BCUT2D eigenvalue weighted by Gasteiger charge is -2.19. The maximum atomic E-state index is 12.6. The van der Waals surface area contributed by atoms with Gasteiger partial charge in [-0.25, -0.2) is 0 Å². The first-order valence-corrected chi connectivity index (χ1v) is 11.4. The molecule has 0 saturated carbocycles. The first kappa shape index (κ1) is 23.2. The van der Waals surface area contributed by atoms with Crippen LogP contribution in [0.5, 0.6) is 0 Å². The molecule has 1 aliphatic rings. The lowest BCUT2D eigenvalue weighted by Crippen LogP contribution is -2.47. The van der Waals surface area contributed by atoms with Crippen molar-refractivity contribution < 1.29 is 14.5 Å². The van der Waals surface area contributed by atoms with E-state index in [9.17, 15) is 19.7 Å². The smallest absolute Gasteiger partial charge is 0.288 e. The number of carbonyl (C=O) groups excluding carboxylic acids is 2. The average molecular weight is 440 g/mol. The molecule has 1 atom stereocenters. The zero-order valence-corrected chi connectivity index (χ0v) is 18.0. The number of benzene rings is 1. The van der Waals surface area contributed by atoms with Gasteiger partial charge in [0.2, 0.25) is 5.91 Å². The molecule has 0 heterocycles. The predicted molar refractivity (Wildman–Crippen MR) is 117 cm³/mol. The molecule has 0 aliphatic heterocycles. The number of halogens is 1. The summed E-state index contributed by atoms with van der Waals surface area (Å²) in [6, 6.07) is 3.13. The Morgan fingerprint density at radius 3 is 2.79 bits per heavy atom. The second kappa shape index (κ2) is 11.8. The van der Waals surface area contributed by atoms with E-state index in [1.54, 1.807) is 11.8 Å². The molecule has 7 nitrogen and oxygen atoms in total. The molecule has 2 N–H and O–H groups in total. The van der Waals surface area contributed by atoms with Crippen LogP contribution in [0.1, 0.15) is 48.9 Å². The summed E-state index contributed by atoms with van der Waals surface area (Å²) >= 11 is 7.37. The van der Waals surface area contributed by atoms with Crippen LogP contribution in [-0.2, 0) is 4.79 Å². The van der Waals surface area contributed by atoms with E-state index in [-0.39, 0.29) is 22.2 Å². The minimum absolute atomic E-state index is 0.0414. The maximum Gasteiger partial charge on any atom is 0.288 e. The predicted octanol–water partition coefficient (Wildman–Crippen LogP) is 4.11. The first-order valence-electron chi connectivity index (χ1n) is 9.61. The van der Waals surface area contributed by atoms with Crippen molar-refractivity contribution >= 4 is 40.9 Å². The summed E-state index contributed by atoms with van der Waals surface area (Å²) in [5, 5.41) is 16.6. The van der Waals surface area contributed by atoms with Crippen LogP contribution in [-0.4, -0.2) is 41.3 Å². The van der Waals surface area contributed by atoms with Crippen molar-refractivity contribution in [2.45, 2.75) is 44.6 Å². The Hall–Kier alpha value is -2.06. The Morgan fingerprint density at radius 1 is 1.34 bits per heavy atom. The molecule has 1 aromatic rings. The van der Waals surface area contributed by atoms with E-state index >= 15 is 0 Å². The van der Waals surface area contributed by atoms with Crippen LogP contribution in [0.3, 0.4) is 0 Å². The van der Waals surface area contributed by atoms with E-state index in [0.717, 1.165) is 25.3 Å². The molecule has 1 aromatic carbocycles. The molecule has 0 fully saturated rings. The molecule has 2 rings (SSSR count). The van der Waals surface area contributed by atoms with Crippen LogP contribution in [0.15, 0.2) is 29.8 Å². The van der Waals surface area contributed by atoms with Gasteiger partial charge in [0.15, 0.2) is 0 Å². The third-order valence-electron chi connectivity index (χ3n) is 4.77. The summed E-state index contributed by atoms with van der Waals surface area (Å²) in [4.78, 5) is 35.6. The Bertz CT molecular complexity index is 785. The van der Waals surface area contributed by atoms with Crippen LogP contribution < -0.4 is 10.6 Å². The number of nitrogens with zero attached hydrogens (tertiary/aromatic N) is 1. The van der Waals surface area contributed by atoms with Crippen LogP contribution in [0.2, 0.25) is 5.02 Å². The molecular formula is C20H26ClN3O4S. The highest BCUT2D eigenvalue weighted by atomic mass is 35.5. The monoisotopic (exact) mass is 439 g/mol. The number of nitrogens with one attached hydrogen (secondary N) is 2. The lowest BCUT2D eigenvalue weighted by molar-refractivity contribution is -0.384. The molecule has 0 saturated heterocycles. The van der Waals surface area contributed by atoms with Crippen LogP contribution in [0.25, 0.3) is 0 Å². The van der Waals surface area contributed by atoms with E-state index in [1.165, 1.54) is 30.5 Å². The highest BCUT2D eigenvalue weighted by Gasteiger charge is 2.23. The molecule has 0 bridgehead atoms. The second-order valence-electron chi connectivity index (χ2n) is 6.88. The number of thioether (sulfide) groups is 1. The number of hydrogen-bond donors (Lipinski definition) is 2. The maximum absolute atomic E-state index is 12.6. The van der Waals surface area contributed by atoms with Gasteiger partial charge in [0, 0.05) is 18.2 Å². The molecule has 0 radical (unpaired) electrons. The molecule has 0 spiro atoms. The van der Waals surface area contributed by atoms with Gasteiger partial charge in [0.1, 0.15) is 11.1 Å². The van der Waals surface area contributed by atoms with Gasteiger partial charge in [-0.2, -0.15) is 11.8 Å².